The van der Waals surface area contributed by atoms with E-state index in [2.05, 4.69) is 6.58 Å². The predicted molar refractivity (Wildman–Crippen MR) is 149 cm³/mol. The zero-order valence-corrected chi connectivity index (χ0v) is 23.2. The van der Waals surface area contributed by atoms with Gasteiger partial charge in [-0.05, 0) is 50.4 Å². The SMILES string of the molecule is C=C/C=C\C(=C\N)COC(=O)N1CCC(CCCC2CCN(C(=O)OCC3CCCCC3[N+](=O)[O-])CC2)CC1. The van der Waals surface area contributed by atoms with Crippen molar-refractivity contribution in [1.82, 2.24) is 9.80 Å². The first-order valence-electron chi connectivity index (χ1n) is 14.6. The number of carbonyl (C=O) groups is 2. The molecule has 2 atom stereocenters. The van der Waals surface area contributed by atoms with E-state index in [9.17, 15) is 19.7 Å². The molecule has 10 nitrogen and oxygen atoms in total. The lowest BCUT2D eigenvalue weighted by Crippen LogP contribution is -2.41. The molecule has 3 aliphatic rings. The van der Waals surface area contributed by atoms with E-state index in [1.54, 1.807) is 28.0 Å². The van der Waals surface area contributed by atoms with Crippen LogP contribution in [-0.4, -0.2) is 72.3 Å². The molecule has 2 unspecified atom stereocenters. The number of piperidine rings is 2. The van der Waals surface area contributed by atoms with Crippen LogP contribution in [0.4, 0.5) is 9.59 Å². The summed E-state index contributed by atoms with van der Waals surface area (Å²) in [6.45, 7) is 6.75. The third-order valence-electron chi connectivity index (χ3n) is 8.55. The molecular formula is C29H46N4O6. The Bertz CT molecular complexity index is 875. The molecule has 2 heterocycles. The largest absolute Gasteiger partial charge is 0.449 e. The molecule has 1 saturated carbocycles. The van der Waals surface area contributed by atoms with Crippen LogP contribution in [0.3, 0.4) is 0 Å². The molecule has 3 fully saturated rings. The monoisotopic (exact) mass is 546 g/mol. The van der Waals surface area contributed by atoms with Crippen molar-refractivity contribution in [3.63, 3.8) is 0 Å². The molecule has 2 N–H and O–H groups in total. The van der Waals surface area contributed by atoms with Gasteiger partial charge in [-0.25, -0.2) is 9.59 Å². The van der Waals surface area contributed by atoms with Crippen LogP contribution >= 0.6 is 0 Å². The molecule has 0 radical (unpaired) electrons. The Balaban J connectivity index is 1.25. The van der Waals surface area contributed by atoms with Crippen LogP contribution in [0.15, 0.2) is 36.6 Å². The molecule has 0 bridgehead atoms. The van der Waals surface area contributed by atoms with Gasteiger partial charge in [0.05, 0.1) is 5.92 Å². The fourth-order valence-electron chi connectivity index (χ4n) is 6.01. The summed E-state index contributed by atoms with van der Waals surface area (Å²) in [7, 11) is 0. The standard InChI is InChI=1S/C29H46N4O6/c1-2-3-7-25(20-30)21-38-28(34)31-16-12-23(13-17-31)8-6-9-24-14-18-32(19-15-24)29(35)39-22-26-10-4-5-11-27(26)33(36)37/h2-3,7,20,23-24,26-27H,1,4-6,8-19,21-22,30H2/b7-3-,25-20-. The summed E-state index contributed by atoms with van der Waals surface area (Å²) < 4.78 is 10.9. The van der Waals surface area contributed by atoms with Gasteiger partial charge in [0, 0.05) is 49.3 Å². The fraction of sp³-hybridized carbons (Fsp3) is 0.724. The topological polar surface area (TPSA) is 128 Å². The maximum absolute atomic E-state index is 12.5. The average Bonchev–Trinajstić information content (AvgIpc) is 2.96. The van der Waals surface area contributed by atoms with Gasteiger partial charge in [0.15, 0.2) is 0 Å². The summed E-state index contributed by atoms with van der Waals surface area (Å²) in [5, 5.41) is 11.3. The first-order chi connectivity index (χ1) is 18.9. The molecule has 2 aliphatic heterocycles. The predicted octanol–water partition coefficient (Wildman–Crippen LogP) is 5.27. The van der Waals surface area contributed by atoms with Gasteiger partial charge in [0.25, 0.3) is 0 Å². The Morgan fingerprint density at radius 1 is 0.923 bits per heavy atom. The van der Waals surface area contributed by atoms with Crippen molar-refractivity contribution >= 4 is 12.2 Å². The number of hydrogen-bond acceptors (Lipinski definition) is 7. The molecule has 0 aromatic rings. The smallest absolute Gasteiger partial charge is 0.410 e. The van der Waals surface area contributed by atoms with Gasteiger partial charge in [-0.3, -0.25) is 10.1 Å². The summed E-state index contributed by atoms with van der Waals surface area (Å²) in [4.78, 5) is 39.5. The number of ether oxygens (including phenoxy) is 2. The molecule has 0 aromatic heterocycles. The summed E-state index contributed by atoms with van der Waals surface area (Å²) in [5.74, 6) is 1.07. The van der Waals surface area contributed by atoms with Gasteiger partial charge in [0.2, 0.25) is 6.04 Å². The summed E-state index contributed by atoms with van der Waals surface area (Å²) in [5.41, 5.74) is 6.30. The van der Waals surface area contributed by atoms with Crippen molar-refractivity contribution in [3.8, 4) is 0 Å². The Labute approximate surface area is 232 Å². The van der Waals surface area contributed by atoms with Crippen molar-refractivity contribution < 1.29 is 24.0 Å². The Morgan fingerprint density at radius 3 is 2.03 bits per heavy atom. The molecule has 10 heteroatoms. The van der Waals surface area contributed by atoms with Gasteiger partial charge in [0.1, 0.15) is 13.2 Å². The number of amides is 2. The second-order valence-corrected chi connectivity index (χ2v) is 11.2. The number of nitrogens with two attached hydrogens (primary N) is 1. The maximum atomic E-state index is 12.5. The van der Waals surface area contributed by atoms with E-state index in [0.717, 1.165) is 82.9 Å². The number of likely N-dealkylation sites (tertiary alicyclic amines) is 2. The van der Waals surface area contributed by atoms with Crippen molar-refractivity contribution in [2.75, 3.05) is 39.4 Å². The minimum Gasteiger partial charge on any atom is -0.449 e. The van der Waals surface area contributed by atoms with E-state index < -0.39 is 6.04 Å². The third kappa shape index (κ3) is 9.89. The third-order valence-corrected chi connectivity index (χ3v) is 8.55. The van der Waals surface area contributed by atoms with Crippen LogP contribution < -0.4 is 5.73 Å². The lowest BCUT2D eigenvalue weighted by Gasteiger charge is -2.33. The molecule has 1 aliphatic carbocycles. The summed E-state index contributed by atoms with van der Waals surface area (Å²) >= 11 is 0. The lowest BCUT2D eigenvalue weighted by molar-refractivity contribution is -0.536. The van der Waals surface area contributed by atoms with E-state index in [4.69, 9.17) is 15.2 Å². The second kappa shape index (κ2) is 16.2. The van der Waals surface area contributed by atoms with Crippen molar-refractivity contribution in [3.05, 3.63) is 46.7 Å². The van der Waals surface area contributed by atoms with Crippen LogP contribution in [0.25, 0.3) is 0 Å². The van der Waals surface area contributed by atoms with E-state index in [0.29, 0.717) is 31.3 Å². The van der Waals surface area contributed by atoms with Gasteiger partial charge >= 0.3 is 12.2 Å². The molecule has 0 aromatic carbocycles. The first-order valence-corrected chi connectivity index (χ1v) is 14.6. The second-order valence-electron chi connectivity index (χ2n) is 11.2. The van der Waals surface area contributed by atoms with Gasteiger partial charge < -0.3 is 25.0 Å². The number of carbonyl (C=O) groups excluding carboxylic acids is 2. The Kier molecular flexibility index (Phi) is 12.6. The molecular weight excluding hydrogens is 500 g/mol. The minimum atomic E-state index is -0.588. The highest BCUT2D eigenvalue weighted by Crippen LogP contribution is 2.29. The van der Waals surface area contributed by atoms with Gasteiger partial charge in [-0.15, -0.1) is 0 Å². The van der Waals surface area contributed by atoms with E-state index in [1.807, 2.05) is 0 Å². The fourth-order valence-corrected chi connectivity index (χ4v) is 6.01. The molecule has 0 spiro atoms. The van der Waals surface area contributed by atoms with Crippen molar-refractivity contribution in [2.45, 2.75) is 76.7 Å². The number of allylic oxidation sites excluding steroid dienone is 2. The van der Waals surface area contributed by atoms with E-state index >= 15 is 0 Å². The quantitative estimate of drug-likeness (QED) is 0.212. The normalized spacial score (nSPS) is 23.5. The van der Waals surface area contributed by atoms with Crippen LogP contribution in [0.5, 0.6) is 0 Å². The van der Waals surface area contributed by atoms with E-state index in [-0.39, 0.29) is 36.2 Å². The first kappa shape index (κ1) is 30.5. The Morgan fingerprint density at radius 2 is 1.49 bits per heavy atom. The van der Waals surface area contributed by atoms with Gasteiger partial charge in [-0.2, -0.15) is 0 Å². The highest BCUT2D eigenvalue weighted by Gasteiger charge is 2.35. The summed E-state index contributed by atoms with van der Waals surface area (Å²) in [6.07, 6.45) is 16.6. The molecule has 2 amide bonds. The maximum Gasteiger partial charge on any atom is 0.410 e. The number of nitrogens with zero attached hydrogens (tertiary/aromatic N) is 3. The van der Waals surface area contributed by atoms with Crippen molar-refractivity contribution in [1.29, 1.82) is 0 Å². The van der Waals surface area contributed by atoms with E-state index in [1.165, 1.54) is 6.20 Å². The van der Waals surface area contributed by atoms with Crippen LogP contribution in [-0.2, 0) is 9.47 Å². The lowest BCUT2D eigenvalue weighted by atomic mass is 9.85. The minimum absolute atomic E-state index is 0.152. The van der Waals surface area contributed by atoms with Crippen LogP contribution in [0.2, 0.25) is 0 Å². The number of hydrogen-bond donors (Lipinski definition) is 1. The average molecular weight is 547 g/mol. The highest BCUT2D eigenvalue weighted by molar-refractivity contribution is 5.68. The zero-order valence-electron chi connectivity index (χ0n) is 23.2. The zero-order chi connectivity index (χ0) is 28.0. The van der Waals surface area contributed by atoms with Crippen LogP contribution in [0.1, 0.15) is 70.6 Å². The Hall–Kier alpha value is -3.04. The molecule has 39 heavy (non-hydrogen) atoms. The molecule has 218 valence electrons. The van der Waals surface area contributed by atoms with Crippen molar-refractivity contribution in [2.24, 2.45) is 23.5 Å². The molecule has 2 saturated heterocycles. The number of nitro groups is 1. The number of rotatable bonds is 11. The molecule has 3 rings (SSSR count). The van der Waals surface area contributed by atoms with Crippen LogP contribution in [0, 0.1) is 27.9 Å². The van der Waals surface area contributed by atoms with Gasteiger partial charge in [-0.1, -0.05) is 50.5 Å². The summed E-state index contributed by atoms with van der Waals surface area (Å²) in [6, 6.07) is -0.588. The highest BCUT2D eigenvalue weighted by atomic mass is 16.6.